The number of carbonyl (C=O) groups is 2. The summed E-state index contributed by atoms with van der Waals surface area (Å²) in [5, 5.41) is 5.42. The summed E-state index contributed by atoms with van der Waals surface area (Å²) < 4.78 is 10.8. The van der Waals surface area contributed by atoms with Crippen molar-refractivity contribution in [3.8, 4) is 5.75 Å². The van der Waals surface area contributed by atoms with E-state index in [1.165, 1.54) is 0 Å². The molecule has 0 spiro atoms. The number of carbonyl (C=O) groups excluding carboxylic acids is 2. The van der Waals surface area contributed by atoms with Gasteiger partial charge in [-0.2, -0.15) is 0 Å². The Morgan fingerprint density at radius 1 is 1.21 bits per heavy atom. The molecule has 1 aromatic rings. The second kappa shape index (κ2) is 8.38. The molecule has 6 heteroatoms. The molecule has 1 aliphatic rings. The highest BCUT2D eigenvalue weighted by molar-refractivity contribution is 5.95. The highest BCUT2D eigenvalue weighted by Gasteiger charge is 2.32. The molecule has 2 rings (SSSR count). The summed E-state index contributed by atoms with van der Waals surface area (Å²) in [5.74, 6) is 0.335. The molecule has 2 amide bonds. The van der Waals surface area contributed by atoms with Crippen LogP contribution in [0.25, 0.3) is 0 Å². The minimum absolute atomic E-state index is 0.337. The zero-order chi connectivity index (χ0) is 17.5. The van der Waals surface area contributed by atoms with Crippen molar-refractivity contribution < 1.29 is 19.1 Å². The van der Waals surface area contributed by atoms with Crippen LogP contribution in [0.15, 0.2) is 35.5 Å². The van der Waals surface area contributed by atoms with Gasteiger partial charge in [0.2, 0.25) is 0 Å². The first-order chi connectivity index (χ1) is 11.6. The smallest absolute Gasteiger partial charge is 0.338 e. The van der Waals surface area contributed by atoms with Crippen molar-refractivity contribution in [1.29, 1.82) is 0 Å². The number of benzene rings is 1. The molecule has 0 aliphatic carbocycles. The fourth-order valence-corrected chi connectivity index (χ4v) is 2.52. The molecule has 0 fully saturated rings. The molecule has 130 valence electrons. The normalized spacial score (nSPS) is 17.1. The van der Waals surface area contributed by atoms with Crippen LogP contribution in [0.4, 0.5) is 4.79 Å². The number of rotatable bonds is 7. The van der Waals surface area contributed by atoms with Crippen LogP contribution in [0.2, 0.25) is 0 Å². The van der Waals surface area contributed by atoms with Crippen LogP contribution in [0.3, 0.4) is 0 Å². The lowest BCUT2D eigenvalue weighted by molar-refractivity contribution is -0.139. The average Bonchev–Trinajstić information content (AvgIpc) is 2.55. The maximum absolute atomic E-state index is 12.4. The first-order valence-corrected chi connectivity index (χ1v) is 8.25. The van der Waals surface area contributed by atoms with Crippen LogP contribution in [0.1, 0.15) is 45.2 Å². The molecule has 0 aromatic heterocycles. The van der Waals surface area contributed by atoms with Crippen molar-refractivity contribution in [3.05, 3.63) is 41.1 Å². The molecule has 1 atom stereocenters. The van der Waals surface area contributed by atoms with Crippen LogP contribution in [0.5, 0.6) is 5.75 Å². The Bertz CT molecular complexity index is 622. The number of esters is 1. The Morgan fingerprint density at radius 2 is 1.92 bits per heavy atom. The zero-order valence-electron chi connectivity index (χ0n) is 14.3. The van der Waals surface area contributed by atoms with Gasteiger partial charge in [0.1, 0.15) is 5.75 Å². The van der Waals surface area contributed by atoms with Gasteiger partial charge in [-0.25, -0.2) is 9.59 Å². The summed E-state index contributed by atoms with van der Waals surface area (Å²) in [4.78, 5) is 24.3. The number of ether oxygens (including phenoxy) is 2. The molecule has 0 bridgehead atoms. The first-order valence-electron chi connectivity index (χ1n) is 8.25. The van der Waals surface area contributed by atoms with Gasteiger partial charge in [-0.05, 0) is 38.0 Å². The van der Waals surface area contributed by atoms with E-state index in [0.717, 1.165) is 24.2 Å². The predicted molar refractivity (Wildman–Crippen MR) is 90.6 cm³/mol. The summed E-state index contributed by atoms with van der Waals surface area (Å²) in [7, 11) is 0. The second-order valence-corrected chi connectivity index (χ2v) is 5.56. The van der Waals surface area contributed by atoms with Crippen molar-refractivity contribution in [1.82, 2.24) is 10.6 Å². The Hall–Kier alpha value is -2.50. The third kappa shape index (κ3) is 4.28. The van der Waals surface area contributed by atoms with Crippen LogP contribution >= 0.6 is 0 Å². The Morgan fingerprint density at radius 3 is 2.54 bits per heavy atom. The van der Waals surface area contributed by atoms with Gasteiger partial charge >= 0.3 is 12.0 Å². The van der Waals surface area contributed by atoms with Crippen molar-refractivity contribution in [2.24, 2.45) is 0 Å². The first kappa shape index (κ1) is 17.8. The van der Waals surface area contributed by atoms with Gasteiger partial charge in [0.15, 0.2) is 0 Å². The standard InChI is InChI=1S/C18H24N2O4/c1-4-6-11-24-17(21)15-12(3)19-18(22)20-16(15)13-7-9-14(10-8-13)23-5-2/h7-10,16H,4-6,11H2,1-3H3,(H2,19,20,22)/t16-/m1/s1. The van der Waals surface area contributed by atoms with Gasteiger partial charge in [-0.15, -0.1) is 0 Å². The van der Waals surface area contributed by atoms with E-state index in [2.05, 4.69) is 10.6 Å². The minimum Gasteiger partial charge on any atom is -0.494 e. The summed E-state index contributed by atoms with van der Waals surface area (Å²) in [5.41, 5.74) is 1.74. The molecule has 2 N–H and O–H groups in total. The largest absolute Gasteiger partial charge is 0.494 e. The number of nitrogens with one attached hydrogen (secondary N) is 2. The molecule has 1 aliphatic heterocycles. The van der Waals surface area contributed by atoms with Gasteiger partial charge in [0.05, 0.1) is 24.8 Å². The second-order valence-electron chi connectivity index (χ2n) is 5.56. The number of allylic oxidation sites excluding steroid dienone is 1. The lowest BCUT2D eigenvalue weighted by Gasteiger charge is -2.28. The minimum atomic E-state index is -0.538. The maximum Gasteiger partial charge on any atom is 0.338 e. The Balaban J connectivity index is 2.25. The Labute approximate surface area is 142 Å². The maximum atomic E-state index is 12.4. The topological polar surface area (TPSA) is 76.7 Å². The molecule has 0 saturated carbocycles. The quantitative estimate of drug-likeness (QED) is 0.594. The highest BCUT2D eigenvalue weighted by atomic mass is 16.5. The van der Waals surface area contributed by atoms with E-state index in [1.807, 2.05) is 38.1 Å². The van der Waals surface area contributed by atoms with E-state index < -0.39 is 12.0 Å². The summed E-state index contributed by atoms with van der Waals surface area (Å²) in [6, 6.07) is 6.45. The Kier molecular flexibility index (Phi) is 6.23. The van der Waals surface area contributed by atoms with Gasteiger partial charge in [0.25, 0.3) is 0 Å². The van der Waals surface area contributed by atoms with Crippen molar-refractivity contribution in [2.45, 2.75) is 39.7 Å². The number of unbranched alkanes of at least 4 members (excludes halogenated alkanes) is 1. The van der Waals surface area contributed by atoms with E-state index in [1.54, 1.807) is 6.92 Å². The molecule has 0 unspecified atom stereocenters. The van der Waals surface area contributed by atoms with Crippen LogP contribution in [-0.4, -0.2) is 25.2 Å². The molecule has 0 saturated heterocycles. The van der Waals surface area contributed by atoms with Crippen molar-refractivity contribution in [2.75, 3.05) is 13.2 Å². The number of amides is 2. The van der Waals surface area contributed by atoms with E-state index in [0.29, 0.717) is 24.5 Å². The lowest BCUT2D eigenvalue weighted by atomic mass is 9.95. The van der Waals surface area contributed by atoms with Crippen molar-refractivity contribution in [3.63, 3.8) is 0 Å². The summed E-state index contributed by atoms with van der Waals surface area (Å²) >= 11 is 0. The van der Waals surface area contributed by atoms with Gasteiger partial charge in [0, 0.05) is 5.70 Å². The molecule has 6 nitrogen and oxygen atoms in total. The predicted octanol–water partition coefficient (Wildman–Crippen LogP) is 3.06. The molecule has 1 heterocycles. The zero-order valence-corrected chi connectivity index (χ0v) is 14.3. The number of hydrogen-bond acceptors (Lipinski definition) is 4. The van der Waals surface area contributed by atoms with Gasteiger partial charge < -0.3 is 20.1 Å². The van der Waals surface area contributed by atoms with Gasteiger partial charge in [-0.1, -0.05) is 25.5 Å². The van der Waals surface area contributed by atoms with Crippen LogP contribution < -0.4 is 15.4 Å². The molecule has 24 heavy (non-hydrogen) atoms. The fourth-order valence-electron chi connectivity index (χ4n) is 2.52. The molecule has 0 radical (unpaired) electrons. The van der Waals surface area contributed by atoms with E-state index in [-0.39, 0.29) is 6.03 Å². The SMILES string of the molecule is CCCCOC(=O)C1=C(C)NC(=O)N[C@@H]1c1ccc(OCC)cc1. The average molecular weight is 332 g/mol. The van der Waals surface area contributed by atoms with Crippen LogP contribution in [0, 0.1) is 0 Å². The van der Waals surface area contributed by atoms with E-state index in [4.69, 9.17) is 9.47 Å². The number of hydrogen-bond donors (Lipinski definition) is 2. The van der Waals surface area contributed by atoms with E-state index in [9.17, 15) is 9.59 Å². The lowest BCUT2D eigenvalue weighted by Crippen LogP contribution is -2.45. The molecule has 1 aromatic carbocycles. The third-order valence-electron chi connectivity index (χ3n) is 3.74. The highest BCUT2D eigenvalue weighted by Crippen LogP contribution is 2.28. The number of urea groups is 1. The fraction of sp³-hybridized carbons (Fsp3) is 0.444. The van der Waals surface area contributed by atoms with Crippen molar-refractivity contribution >= 4 is 12.0 Å². The van der Waals surface area contributed by atoms with Gasteiger partial charge in [-0.3, -0.25) is 0 Å². The van der Waals surface area contributed by atoms with E-state index >= 15 is 0 Å². The monoisotopic (exact) mass is 332 g/mol. The molecular weight excluding hydrogens is 308 g/mol. The third-order valence-corrected chi connectivity index (χ3v) is 3.74. The molecular formula is C18H24N2O4. The van der Waals surface area contributed by atoms with Crippen LogP contribution in [-0.2, 0) is 9.53 Å². The summed E-state index contributed by atoms with van der Waals surface area (Å²) in [6.07, 6.45) is 1.76. The summed E-state index contributed by atoms with van der Waals surface area (Å²) in [6.45, 7) is 6.60.